The van der Waals surface area contributed by atoms with Gasteiger partial charge in [0.2, 0.25) is 0 Å². The summed E-state index contributed by atoms with van der Waals surface area (Å²) in [7, 11) is 0. The van der Waals surface area contributed by atoms with Crippen molar-refractivity contribution in [2.45, 2.75) is 17.7 Å². The fourth-order valence-electron chi connectivity index (χ4n) is 0.773. The van der Waals surface area contributed by atoms with E-state index in [9.17, 15) is 8.78 Å². The topological polar surface area (TPSA) is 38.4 Å². The summed E-state index contributed by atoms with van der Waals surface area (Å²) in [5, 5.41) is 0. The van der Waals surface area contributed by atoms with Crippen LogP contribution in [0.2, 0.25) is 0 Å². The SMILES string of the molecule is CC(F)(F)C(N)=Nc1ccc([SH2+])cc1. The first kappa shape index (κ1) is 11.0. The molecule has 76 valence electrons. The monoisotopic (exact) mass is 217 g/mol. The first-order valence-corrected chi connectivity index (χ1v) is 4.44. The molecule has 14 heavy (non-hydrogen) atoms. The lowest BCUT2D eigenvalue weighted by atomic mass is 10.3. The van der Waals surface area contributed by atoms with Crippen LogP contribution < -0.4 is 5.73 Å². The van der Waals surface area contributed by atoms with Crippen LogP contribution in [0.1, 0.15) is 6.92 Å². The van der Waals surface area contributed by atoms with E-state index >= 15 is 0 Å². The second-order valence-corrected chi connectivity index (χ2v) is 3.51. The standard InChI is InChI=1S/C9H10F2N2S/c1-9(10,11)8(12)13-6-2-4-7(14)5-3-6/h2-5,14H,1H3,(H2,12,13)/p+1. The predicted molar refractivity (Wildman–Crippen MR) is 56.8 cm³/mol. The van der Waals surface area contributed by atoms with E-state index < -0.39 is 11.8 Å². The van der Waals surface area contributed by atoms with Crippen LogP contribution in [0.15, 0.2) is 34.2 Å². The molecule has 0 saturated carbocycles. The van der Waals surface area contributed by atoms with Gasteiger partial charge in [-0.2, -0.15) is 8.78 Å². The van der Waals surface area contributed by atoms with Gasteiger partial charge < -0.3 is 5.73 Å². The van der Waals surface area contributed by atoms with Crippen molar-refractivity contribution in [1.82, 2.24) is 0 Å². The molecule has 2 nitrogen and oxygen atoms in total. The van der Waals surface area contributed by atoms with Crippen LogP contribution in [0.4, 0.5) is 14.5 Å². The lowest BCUT2D eigenvalue weighted by Gasteiger charge is -2.08. The van der Waals surface area contributed by atoms with Crippen molar-refractivity contribution in [1.29, 1.82) is 0 Å². The summed E-state index contributed by atoms with van der Waals surface area (Å²) in [6, 6.07) is 6.61. The van der Waals surface area contributed by atoms with Crippen LogP contribution in [0.3, 0.4) is 0 Å². The van der Waals surface area contributed by atoms with E-state index in [1.807, 2.05) is 0 Å². The molecule has 2 N–H and O–H groups in total. The molecule has 1 aromatic carbocycles. The van der Waals surface area contributed by atoms with Crippen molar-refractivity contribution in [2.75, 3.05) is 0 Å². The predicted octanol–water partition coefficient (Wildman–Crippen LogP) is 1.70. The highest BCUT2D eigenvalue weighted by atomic mass is 32.1. The Bertz CT molecular complexity index is 341. The van der Waals surface area contributed by atoms with Crippen molar-refractivity contribution in [3.05, 3.63) is 24.3 Å². The molecular formula is C9H11F2N2S+. The Morgan fingerprint density at radius 2 is 1.86 bits per heavy atom. The third kappa shape index (κ3) is 2.99. The highest BCUT2D eigenvalue weighted by Gasteiger charge is 2.26. The third-order valence-electron chi connectivity index (χ3n) is 1.57. The summed E-state index contributed by atoms with van der Waals surface area (Å²) in [5.41, 5.74) is 5.52. The maximum atomic E-state index is 12.6. The molecule has 0 aliphatic heterocycles. The fourth-order valence-corrected chi connectivity index (χ4v) is 0.940. The normalized spacial score (nSPS) is 13.0. The van der Waals surface area contributed by atoms with Gasteiger partial charge >= 0.3 is 5.92 Å². The van der Waals surface area contributed by atoms with E-state index in [1.165, 1.54) is 0 Å². The molecule has 0 atom stereocenters. The van der Waals surface area contributed by atoms with Crippen molar-refractivity contribution in [3.63, 3.8) is 0 Å². The molecule has 0 bridgehead atoms. The van der Waals surface area contributed by atoms with E-state index in [1.54, 1.807) is 24.3 Å². The molecule has 0 radical (unpaired) electrons. The Morgan fingerprint density at radius 1 is 1.36 bits per heavy atom. The lowest BCUT2D eigenvalue weighted by Crippen LogP contribution is -2.32. The Balaban J connectivity index is 2.93. The molecule has 1 aromatic rings. The number of nitrogens with two attached hydrogens (primary N) is 1. The van der Waals surface area contributed by atoms with Crippen molar-refractivity contribution >= 4 is 24.2 Å². The minimum atomic E-state index is -3.08. The largest absolute Gasteiger partial charge is 0.382 e. The number of aliphatic imine (C=N–C) groups is 1. The lowest BCUT2D eigenvalue weighted by molar-refractivity contribution is 0.0990. The van der Waals surface area contributed by atoms with Crippen LogP contribution in [-0.4, -0.2) is 11.8 Å². The molecule has 0 unspecified atom stereocenters. The van der Waals surface area contributed by atoms with Crippen LogP contribution in [0, 0.1) is 0 Å². The van der Waals surface area contributed by atoms with Crippen molar-refractivity contribution in [3.8, 4) is 0 Å². The molecule has 5 heteroatoms. The van der Waals surface area contributed by atoms with Gasteiger partial charge in [0, 0.05) is 6.92 Å². The minimum absolute atomic E-state index is 0.408. The summed E-state index contributed by atoms with van der Waals surface area (Å²) in [5.74, 6) is -3.76. The van der Waals surface area contributed by atoms with Crippen LogP contribution in [0.25, 0.3) is 0 Å². The van der Waals surface area contributed by atoms with Crippen LogP contribution in [-0.2, 0) is 12.6 Å². The second kappa shape index (κ2) is 3.96. The van der Waals surface area contributed by atoms with Gasteiger partial charge in [0.15, 0.2) is 5.84 Å². The average molecular weight is 217 g/mol. The number of halogens is 2. The summed E-state index contributed by atoms with van der Waals surface area (Å²) < 4.78 is 25.2. The Hall–Kier alpha value is -1.10. The highest BCUT2D eigenvalue weighted by Crippen LogP contribution is 2.17. The van der Waals surface area contributed by atoms with Gasteiger partial charge in [-0.15, -0.1) is 0 Å². The number of rotatable bonds is 2. The Kier molecular flexibility index (Phi) is 3.10. The van der Waals surface area contributed by atoms with Crippen LogP contribution >= 0.6 is 0 Å². The van der Waals surface area contributed by atoms with Gasteiger partial charge in [-0.25, -0.2) is 4.99 Å². The van der Waals surface area contributed by atoms with Gasteiger partial charge in [-0.3, -0.25) is 0 Å². The number of alkyl halides is 2. The Morgan fingerprint density at radius 3 is 2.29 bits per heavy atom. The highest BCUT2D eigenvalue weighted by molar-refractivity contribution is 7.58. The summed E-state index contributed by atoms with van der Waals surface area (Å²) in [6.45, 7) is 0.713. The molecule has 0 aliphatic rings. The van der Waals surface area contributed by atoms with Gasteiger partial charge in [-0.05, 0) is 36.9 Å². The number of amidine groups is 1. The molecule has 0 aromatic heterocycles. The molecule has 0 heterocycles. The van der Waals surface area contributed by atoms with Crippen molar-refractivity contribution < 1.29 is 8.78 Å². The molecule has 0 amide bonds. The van der Waals surface area contributed by atoms with Gasteiger partial charge in [-0.1, -0.05) is 0 Å². The number of nitrogens with zero attached hydrogens (tertiary/aromatic N) is 1. The summed E-state index contributed by atoms with van der Waals surface area (Å²) in [6.07, 6.45) is 0. The van der Waals surface area contributed by atoms with Crippen molar-refractivity contribution in [2.24, 2.45) is 10.7 Å². The van der Waals surface area contributed by atoms with Gasteiger partial charge in [0.05, 0.1) is 5.69 Å². The van der Waals surface area contributed by atoms with Gasteiger partial charge in [0.25, 0.3) is 0 Å². The molecule has 0 spiro atoms. The zero-order valence-corrected chi connectivity index (χ0v) is 8.59. The molecule has 1 rings (SSSR count). The van der Waals surface area contributed by atoms with E-state index in [0.717, 1.165) is 4.90 Å². The van der Waals surface area contributed by atoms with E-state index in [0.29, 0.717) is 12.6 Å². The molecule has 0 saturated heterocycles. The van der Waals surface area contributed by atoms with E-state index in [2.05, 4.69) is 17.6 Å². The van der Waals surface area contributed by atoms with Crippen LogP contribution in [0.5, 0.6) is 0 Å². The second-order valence-electron chi connectivity index (χ2n) is 2.93. The molecule has 0 aliphatic carbocycles. The first-order valence-electron chi connectivity index (χ1n) is 3.94. The smallest absolute Gasteiger partial charge is 0.301 e. The molecular weight excluding hydrogens is 206 g/mol. The quantitative estimate of drug-likeness (QED) is 0.457. The zero-order valence-electron chi connectivity index (χ0n) is 7.59. The average Bonchev–Trinajstić information content (AvgIpc) is 2.07. The maximum absolute atomic E-state index is 12.6. The number of benzene rings is 1. The third-order valence-corrected chi connectivity index (χ3v) is 1.90. The fraction of sp³-hybridized carbons (Fsp3) is 0.222. The maximum Gasteiger partial charge on any atom is 0.301 e. The van der Waals surface area contributed by atoms with Gasteiger partial charge in [0.1, 0.15) is 4.90 Å². The zero-order chi connectivity index (χ0) is 10.8. The summed E-state index contributed by atoms with van der Waals surface area (Å²) in [4.78, 5) is 4.45. The Labute approximate surface area is 86.2 Å². The first-order chi connectivity index (χ1) is 6.39. The number of hydrogen-bond acceptors (Lipinski definition) is 1. The minimum Gasteiger partial charge on any atom is -0.382 e. The van der Waals surface area contributed by atoms with E-state index in [-0.39, 0.29) is 0 Å². The summed E-state index contributed by atoms with van der Waals surface area (Å²) >= 11 is 3.27. The van der Waals surface area contributed by atoms with E-state index in [4.69, 9.17) is 5.73 Å². The molecule has 0 fully saturated rings. The number of hydrogen-bond donors (Lipinski definition) is 1.